The van der Waals surface area contributed by atoms with Crippen LogP contribution in [0.25, 0.3) is 0 Å². The molecule has 2 aromatic rings. The molecule has 1 aromatic heterocycles. The fraction of sp³-hybridized carbons (Fsp3) is 0.133. The highest BCUT2D eigenvalue weighted by molar-refractivity contribution is 6.36. The highest BCUT2D eigenvalue weighted by Gasteiger charge is 2.16. The van der Waals surface area contributed by atoms with Gasteiger partial charge in [0.05, 0.1) is 13.5 Å². The highest BCUT2D eigenvalue weighted by Crippen LogP contribution is 2.25. The number of nitrogens with one attached hydrogen (secondary N) is 1. The molecule has 0 spiro atoms. The summed E-state index contributed by atoms with van der Waals surface area (Å²) in [5, 5.41) is 3.36. The second-order valence-electron chi connectivity index (χ2n) is 4.32. The van der Waals surface area contributed by atoms with E-state index in [2.05, 4.69) is 15.0 Å². The zero-order valence-electron chi connectivity index (χ0n) is 11.6. The van der Waals surface area contributed by atoms with Crippen LogP contribution in [0.5, 0.6) is 0 Å². The number of amides is 1. The fourth-order valence-corrected chi connectivity index (χ4v) is 2.35. The smallest absolute Gasteiger partial charge is 0.341 e. The number of esters is 1. The maximum absolute atomic E-state index is 12.1. The van der Waals surface area contributed by atoms with Crippen LogP contribution < -0.4 is 5.32 Å². The van der Waals surface area contributed by atoms with E-state index in [1.165, 1.54) is 19.4 Å². The molecule has 0 saturated heterocycles. The van der Waals surface area contributed by atoms with E-state index in [-0.39, 0.29) is 23.7 Å². The number of pyridine rings is 1. The quantitative estimate of drug-likeness (QED) is 0.868. The standard InChI is InChI=1S/C15H12Cl2N2O3/c1-22-15(21)9-4-3-7-18-14(9)19-13(20)8-10-11(16)5-2-6-12(10)17/h2-7H,8H2,1H3,(H,18,19,20). The van der Waals surface area contributed by atoms with Gasteiger partial charge >= 0.3 is 5.97 Å². The van der Waals surface area contributed by atoms with E-state index in [0.29, 0.717) is 15.6 Å². The van der Waals surface area contributed by atoms with Crippen LogP contribution in [-0.2, 0) is 16.0 Å². The summed E-state index contributed by atoms with van der Waals surface area (Å²) < 4.78 is 4.64. The van der Waals surface area contributed by atoms with E-state index < -0.39 is 5.97 Å². The minimum Gasteiger partial charge on any atom is -0.465 e. The SMILES string of the molecule is COC(=O)c1cccnc1NC(=O)Cc1c(Cl)cccc1Cl. The van der Waals surface area contributed by atoms with Crippen LogP contribution in [0, 0.1) is 0 Å². The zero-order valence-corrected chi connectivity index (χ0v) is 13.1. The molecule has 0 bridgehead atoms. The lowest BCUT2D eigenvalue weighted by atomic mass is 10.1. The normalized spacial score (nSPS) is 10.1. The Morgan fingerprint density at radius 2 is 1.86 bits per heavy atom. The number of hydrogen-bond donors (Lipinski definition) is 1. The molecule has 1 amide bonds. The number of halogens is 2. The summed E-state index contributed by atoms with van der Waals surface area (Å²) in [7, 11) is 1.25. The van der Waals surface area contributed by atoms with Crippen molar-refractivity contribution in [1.82, 2.24) is 4.98 Å². The molecule has 7 heteroatoms. The summed E-state index contributed by atoms with van der Waals surface area (Å²) in [5.74, 6) is -0.847. The van der Waals surface area contributed by atoms with E-state index in [1.54, 1.807) is 24.3 Å². The van der Waals surface area contributed by atoms with Crippen molar-refractivity contribution in [1.29, 1.82) is 0 Å². The first-order chi connectivity index (χ1) is 10.5. The van der Waals surface area contributed by atoms with Crippen LogP contribution in [0.2, 0.25) is 10.0 Å². The molecule has 0 radical (unpaired) electrons. The summed E-state index contributed by atoms with van der Waals surface area (Å²) in [4.78, 5) is 27.7. The van der Waals surface area contributed by atoms with Gasteiger partial charge in [-0.05, 0) is 29.8 Å². The number of ether oxygens (including phenoxy) is 1. The number of carbonyl (C=O) groups excluding carboxylic acids is 2. The van der Waals surface area contributed by atoms with Crippen LogP contribution >= 0.6 is 23.2 Å². The Morgan fingerprint density at radius 3 is 2.50 bits per heavy atom. The van der Waals surface area contributed by atoms with E-state index in [9.17, 15) is 9.59 Å². The summed E-state index contributed by atoms with van der Waals surface area (Å²) in [6.45, 7) is 0. The number of rotatable bonds is 4. The van der Waals surface area contributed by atoms with Gasteiger partial charge in [-0.1, -0.05) is 29.3 Å². The van der Waals surface area contributed by atoms with Crippen molar-refractivity contribution in [2.75, 3.05) is 12.4 Å². The monoisotopic (exact) mass is 338 g/mol. The van der Waals surface area contributed by atoms with E-state index in [1.807, 2.05) is 0 Å². The first-order valence-electron chi connectivity index (χ1n) is 6.29. The molecule has 22 heavy (non-hydrogen) atoms. The lowest BCUT2D eigenvalue weighted by Crippen LogP contribution is -2.18. The molecular weight excluding hydrogens is 327 g/mol. The number of nitrogens with zero attached hydrogens (tertiary/aromatic N) is 1. The highest BCUT2D eigenvalue weighted by atomic mass is 35.5. The van der Waals surface area contributed by atoms with Crippen LogP contribution in [0.1, 0.15) is 15.9 Å². The van der Waals surface area contributed by atoms with E-state index in [0.717, 1.165) is 0 Å². The van der Waals surface area contributed by atoms with Crippen molar-refractivity contribution < 1.29 is 14.3 Å². The van der Waals surface area contributed by atoms with Gasteiger partial charge in [-0.3, -0.25) is 4.79 Å². The van der Waals surface area contributed by atoms with Gasteiger partial charge in [-0.25, -0.2) is 9.78 Å². The van der Waals surface area contributed by atoms with E-state index >= 15 is 0 Å². The average Bonchev–Trinajstić information content (AvgIpc) is 2.51. The van der Waals surface area contributed by atoms with Crippen molar-refractivity contribution in [3.05, 3.63) is 57.7 Å². The predicted molar refractivity (Wildman–Crippen MR) is 84.4 cm³/mol. The third-order valence-corrected chi connectivity index (χ3v) is 3.58. The van der Waals surface area contributed by atoms with Gasteiger partial charge in [0.1, 0.15) is 11.4 Å². The van der Waals surface area contributed by atoms with Gasteiger partial charge < -0.3 is 10.1 Å². The molecule has 2 rings (SSSR count). The lowest BCUT2D eigenvalue weighted by Gasteiger charge is -2.10. The Kier molecular flexibility index (Phi) is 5.35. The first-order valence-corrected chi connectivity index (χ1v) is 7.04. The van der Waals surface area contributed by atoms with Crippen LogP contribution in [0.15, 0.2) is 36.5 Å². The van der Waals surface area contributed by atoms with Crippen molar-refractivity contribution in [2.45, 2.75) is 6.42 Å². The lowest BCUT2D eigenvalue weighted by molar-refractivity contribution is -0.115. The Balaban J connectivity index is 2.18. The summed E-state index contributed by atoms with van der Waals surface area (Å²) in [6.07, 6.45) is 1.43. The summed E-state index contributed by atoms with van der Waals surface area (Å²) >= 11 is 12.1. The molecule has 5 nitrogen and oxygen atoms in total. The third kappa shape index (κ3) is 3.75. The van der Waals surface area contributed by atoms with Gasteiger partial charge in [0, 0.05) is 16.2 Å². The second kappa shape index (κ2) is 7.24. The third-order valence-electron chi connectivity index (χ3n) is 2.87. The first kappa shape index (κ1) is 16.3. The van der Waals surface area contributed by atoms with Gasteiger partial charge in [0.2, 0.25) is 5.91 Å². The Hall–Kier alpha value is -2.11. The Labute approximate surface area is 137 Å². The Bertz CT molecular complexity index is 699. The van der Waals surface area contributed by atoms with E-state index in [4.69, 9.17) is 23.2 Å². The van der Waals surface area contributed by atoms with Crippen LogP contribution in [0.4, 0.5) is 5.82 Å². The van der Waals surface area contributed by atoms with Gasteiger partial charge in [-0.15, -0.1) is 0 Å². The van der Waals surface area contributed by atoms with Gasteiger partial charge in [-0.2, -0.15) is 0 Å². The number of anilines is 1. The molecular formula is C15H12Cl2N2O3. The number of hydrogen-bond acceptors (Lipinski definition) is 4. The van der Waals surface area contributed by atoms with Gasteiger partial charge in [0.15, 0.2) is 0 Å². The average molecular weight is 339 g/mol. The Morgan fingerprint density at radius 1 is 1.18 bits per heavy atom. The largest absolute Gasteiger partial charge is 0.465 e. The fourth-order valence-electron chi connectivity index (χ4n) is 1.82. The molecule has 0 aliphatic heterocycles. The van der Waals surface area contributed by atoms with Crippen molar-refractivity contribution in [2.24, 2.45) is 0 Å². The minimum absolute atomic E-state index is 0.0321. The second-order valence-corrected chi connectivity index (χ2v) is 5.13. The van der Waals surface area contributed by atoms with Crippen molar-refractivity contribution in [3.63, 3.8) is 0 Å². The molecule has 1 N–H and O–H groups in total. The molecule has 0 aliphatic carbocycles. The van der Waals surface area contributed by atoms with Crippen LogP contribution in [0.3, 0.4) is 0 Å². The van der Waals surface area contributed by atoms with Crippen molar-refractivity contribution in [3.8, 4) is 0 Å². The molecule has 0 atom stereocenters. The molecule has 0 unspecified atom stereocenters. The number of benzene rings is 1. The number of methoxy groups -OCH3 is 1. The maximum Gasteiger partial charge on any atom is 0.341 e. The number of aromatic nitrogens is 1. The predicted octanol–water partition coefficient (Wildman–Crippen LogP) is 3.36. The number of carbonyl (C=O) groups is 2. The van der Waals surface area contributed by atoms with Crippen molar-refractivity contribution >= 4 is 40.9 Å². The molecule has 0 aliphatic rings. The maximum atomic E-state index is 12.1. The topological polar surface area (TPSA) is 68.3 Å². The molecule has 114 valence electrons. The van der Waals surface area contributed by atoms with Crippen LogP contribution in [-0.4, -0.2) is 24.0 Å². The zero-order chi connectivity index (χ0) is 16.1. The van der Waals surface area contributed by atoms with Gasteiger partial charge in [0.25, 0.3) is 0 Å². The minimum atomic E-state index is -0.584. The summed E-state index contributed by atoms with van der Waals surface area (Å²) in [5.41, 5.74) is 0.683. The molecule has 1 heterocycles. The molecule has 0 saturated carbocycles. The summed E-state index contributed by atoms with van der Waals surface area (Å²) in [6, 6.07) is 8.08. The molecule has 0 fully saturated rings. The molecule has 1 aromatic carbocycles.